The highest BCUT2D eigenvalue weighted by atomic mass is 32.2. The molecule has 1 fully saturated rings. The number of amides is 1. The van der Waals surface area contributed by atoms with Crippen LogP contribution in [0.25, 0.3) is 17.1 Å². The zero-order chi connectivity index (χ0) is 22.8. The molecule has 1 aromatic carbocycles. The zero-order valence-corrected chi connectivity index (χ0v) is 19.5. The lowest BCUT2D eigenvalue weighted by atomic mass is 10.0. The van der Waals surface area contributed by atoms with Gasteiger partial charge in [0.05, 0.1) is 29.0 Å². The van der Waals surface area contributed by atoms with Gasteiger partial charge in [-0.15, -0.1) is 10.2 Å². The molecule has 0 atom stereocenters. The topological polar surface area (TPSA) is 90.8 Å². The lowest BCUT2D eigenvalue weighted by molar-refractivity contribution is -0.113. The maximum atomic E-state index is 12.9. The Balaban J connectivity index is 1.31. The minimum absolute atomic E-state index is 0.112. The van der Waals surface area contributed by atoms with Crippen LogP contribution in [0.4, 0.5) is 5.82 Å². The fraction of sp³-hybridized carbons (Fsp3) is 0.333. The molecule has 1 aliphatic carbocycles. The van der Waals surface area contributed by atoms with Crippen LogP contribution in [0.15, 0.2) is 58.3 Å². The van der Waals surface area contributed by atoms with Crippen molar-refractivity contribution < 1.29 is 9.21 Å². The largest absolute Gasteiger partial charge is 0.469 e. The van der Waals surface area contributed by atoms with Gasteiger partial charge in [-0.3, -0.25) is 4.79 Å². The number of anilines is 1. The molecule has 0 spiro atoms. The van der Waals surface area contributed by atoms with E-state index in [4.69, 9.17) is 9.52 Å². The minimum Gasteiger partial charge on any atom is -0.469 e. The van der Waals surface area contributed by atoms with Gasteiger partial charge in [0.1, 0.15) is 11.6 Å². The van der Waals surface area contributed by atoms with Gasteiger partial charge in [-0.2, -0.15) is 5.10 Å². The number of aryl methyl sites for hydroxylation is 1. The van der Waals surface area contributed by atoms with Gasteiger partial charge < -0.3 is 14.3 Å². The van der Waals surface area contributed by atoms with E-state index in [1.807, 2.05) is 65.7 Å². The second-order valence-corrected chi connectivity index (χ2v) is 9.22. The summed E-state index contributed by atoms with van der Waals surface area (Å²) < 4.78 is 9.08. The molecular formula is C24H26N6O2S. The van der Waals surface area contributed by atoms with Gasteiger partial charge in [0.15, 0.2) is 11.0 Å². The minimum atomic E-state index is -0.112. The number of rotatable bonds is 7. The number of nitrogens with zero attached hydrogens (tertiary/aromatic N) is 5. The summed E-state index contributed by atoms with van der Waals surface area (Å²) in [6.07, 6.45) is 6.41. The molecule has 5 rings (SSSR count). The highest BCUT2D eigenvalue weighted by Gasteiger charge is 2.23. The standard InChI is InChI=1S/C24H26N6O2S/c1-16-19(12-13-32-16)23-26-27-24(29(23)2)33-15-22(31)25-21-14-20(17-8-6-7-9-17)28-30(21)18-10-4-3-5-11-18/h3-5,10-14,17H,6-9,15H2,1-2H3,(H,25,31). The fourth-order valence-electron chi connectivity index (χ4n) is 4.28. The maximum absolute atomic E-state index is 12.9. The Labute approximate surface area is 196 Å². The molecule has 0 radical (unpaired) electrons. The third-order valence-corrected chi connectivity index (χ3v) is 7.06. The molecule has 0 bridgehead atoms. The number of benzene rings is 1. The highest BCUT2D eigenvalue weighted by Crippen LogP contribution is 2.35. The van der Waals surface area contributed by atoms with Crippen molar-refractivity contribution in [3.63, 3.8) is 0 Å². The Hall–Kier alpha value is -3.33. The molecule has 3 heterocycles. The van der Waals surface area contributed by atoms with E-state index in [1.165, 1.54) is 24.6 Å². The van der Waals surface area contributed by atoms with E-state index in [2.05, 4.69) is 15.5 Å². The Bertz CT molecular complexity index is 1250. The van der Waals surface area contributed by atoms with Crippen molar-refractivity contribution in [2.75, 3.05) is 11.1 Å². The molecule has 9 heteroatoms. The van der Waals surface area contributed by atoms with Gasteiger partial charge in [-0.1, -0.05) is 42.8 Å². The summed E-state index contributed by atoms with van der Waals surface area (Å²) >= 11 is 1.35. The number of nitrogens with one attached hydrogen (secondary N) is 1. The zero-order valence-electron chi connectivity index (χ0n) is 18.7. The summed E-state index contributed by atoms with van der Waals surface area (Å²) in [7, 11) is 1.89. The normalized spacial score (nSPS) is 14.1. The first-order valence-electron chi connectivity index (χ1n) is 11.1. The van der Waals surface area contributed by atoms with E-state index < -0.39 is 0 Å². The van der Waals surface area contributed by atoms with E-state index in [-0.39, 0.29) is 11.7 Å². The third kappa shape index (κ3) is 4.45. The smallest absolute Gasteiger partial charge is 0.236 e. The van der Waals surface area contributed by atoms with Gasteiger partial charge in [-0.05, 0) is 38.0 Å². The molecule has 0 saturated heterocycles. The Morgan fingerprint density at radius 2 is 1.97 bits per heavy atom. The maximum Gasteiger partial charge on any atom is 0.236 e. The molecule has 1 aliphatic rings. The first kappa shape index (κ1) is 21.5. The molecule has 0 aliphatic heterocycles. The molecule has 8 nitrogen and oxygen atoms in total. The number of thioether (sulfide) groups is 1. The van der Waals surface area contributed by atoms with E-state index >= 15 is 0 Å². The van der Waals surface area contributed by atoms with E-state index in [0.29, 0.717) is 22.7 Å². The van der Waals surface area contributed by atoms with Gasteiger partial charge in [0.2, 0.25) is 5.91 Å². The first-order chi connectivity index (χ1) is 16.1. The molecule has 33 heavy (non-hydrogen) atoms. The Morgan fingerprint density at radius 1 is 1.18 bits per heavy atom. The molecule has 3 aromatic heterocycles. The van der Waals surface area contributed by atoms with E-state index in [1.54, 1.807) is 6.26 Å². The van der Waals surface area contributed by atoms with Crippen LogP contribution in [-0.4, -0.2) is 36.2 Å². The van der Waals surface area contributed by atoms with E-state index in [0.717, 1.165) is 35.5 Å². The van der Waals surface area contributed by atoms with Crippen molar-refractivity contribution in [2.24, 2.45) is 7.05 Å². The van der Waals surface area contributed by atoms with Crippen molar-refractivity contribution >= 4 is 23.5 Å². The number of carbonyl (C=O) groups excluding carboxylic acids is 1. The molecule has 0 unspecified atom stereocenters. The summed E-state index contributed by atoms with van der Waals surface area (Å²) in [4.78, 5) is 12.9. The van der Waals surface area contributed by atoms with Crippen LogP contribution in [0.2, 0.25) is 0 Å². The SMILES string of the molecule is Cc1occc1-c1nnc(SCC(=O)Nc2cc(C3CCCC3)nn2-c2ccccc2)n1C. The molecule has 1 N–H and O–H groups in total. The second kappa shape index (κ2) is 9.27. The second-order valence-electron chi connectivity index (χ2n) is 8.28. The lowest BCUT2D eigenvalue weighted by Crippen LogP contribution is -2.17. The van der Waals surface area contributed by atoms with Crippen LogP contribution in [0.5, 0.6) is 0 Å². The lowest BCUT2D eigenvalue weighted by Gasteiger charge is -2.09. The average molecular weight is 463 g/mol. The van der Waals surface area contributed by atoms with E-state index in [9.17, 15) is 4.79 Å². The monoisotopic (exact) mass is 462 g/mol. The van der Waals surface area contributed by atoms with Crippen molar-refractivity contribution in [3.8, 4) is 17.1 Å². The van der Waals surface area contributed by atoms with Gasteiger partial charge in [-0.25, -0.2) is 4.68 Å². The number of hydrogen-bond acceptors (Lipinski definition) is 6. The number of carbonyl (C=O) groups is 1. The Morgan fingerprint density at radius 3 is 2.70 bits per heavy atom. The quantitative estimate of drug-likeness (QED) is 0.391. The summed E-state index contributed by atoms with van der Waals surface area (Å²) in [6, 6.07) is 13.8. The third-order valence-electron chi connectivity index (χ3n) is 6.04. The molecule has 170 valence electrons. The Kier molecular flexibility index (Phi) is 6.04. The van der Waals surface area contributed by atoms with Crippen molar-refractivity contribution in [3.05, 3.63) is 60.2 Å². The van der Waals surface area contributed by atoms with Crippen LogP contribution in [-0.2, 0) is 11.8 Å². The highest BCUT2D eigenvalue weighted by molar-refractivity contribution is 7.99. The van der Waals surface area contributed by atoms with Gasteiger partial charge >= 0.3 is 0 Å². The van der Waals surface area contributed by atoms with Crippen LogP contribution in [0, 0.1) is 6.92 Å². The first-order valence-corrected chi connectivity index (χ1v) is 12.1. The van der Waals surface area contributed by atoms with Crippen molar-refractivity contribution in [1.82, 2.24) is 24.5 Å². The van der Waals surface area contributed by atoms with Crippen molar-refractivity contribution in [1.29, 1.82) is 0 Å². The average Bonchev–Trinajstić information content (AvgIpc) is 3.61. The molecule has 4 aromatic rings. The summed E-state index contributed by atoms with van der Waals surface area (Å²) in [6.45, 7) is 1.89. The number of aromatic nitrogens is 5. The number of para-hydroxylation sites is 1. The number of hydrogen-bond donors (Lipinski definition) is 1. The predicted octanol–water partition coefficient (Wildman–Crippen LogP) is 4.96. The molecule has 1 amide bonds. The van der Waals surface area contributed by atoms with Gasteiger partial charge in [0, 0.05) is 19.0 Å². The molecular weight excluding hydrogens is 436 g/mol. The summed E-state index contributed by atoms with van der Waals surface area (Å²) in [5, 5.41) is 17.1. The van der Waals surface area contributed by atoms with Crippen LogP contribution in [0.3, 0.4) is 0 Å². The van der Waals surface area contributed by atoms with Crippen LogP contribution >= 0.6 is 11.8 Å². The summed E-state index contributed by atoms with van der Waals surface area (Å²) in [5.74, 6) is 2.76. The molecule has 1 saturated carbocycles. The van der Waals surface area contributed by atoms with Crippen molar-refractivity contribution in [2.45, 2.75) is 43.7 Å². The number of furan rings is 1. The van der Waals surface area contributed by atoms with Gasteiger partial charge in [0.25, 0.3) is 0 Å². The summed E-state index contributed by atoms with van der Waals surface area (Å²) in [5.41, 5.74) is 2.87. The predicted molar refractivity (Wildman–Crippen MR) is 128 cm³/mol. The van der Waals surface area contributed by atoms with Crippen LogP contribution in [0.1, 0.15) is 43.1 Å². The van der Waals surface area contributed by atoms with Crippen LogP contribution < -0.4 is 5.32 Å². The fourth-order valence-corrected chi connectivity index (χ4v) is 4.99.